The summed E-state index contributed by atoms with van der Waals surface area (Å²) >= 11 is 3.72. The van der Waals surface area contributed by atoms with Gasteiger partial charge in [-0.2, -0.15) is 0 Å². The van der Waals surface area contributed by atoms with Crippen LogP contribution >= 0.6 is 22.7 Å². The van der Waals surface area contributed by atoms with Gasteiger partial charge < -0.3 is 4.42 Å². The van der Waals surface area contributed by atoms with Crippen molar-refractivity contribution in [1.82, 2.24) is 15.0 Å². The van der Waals surface area contributed by atoms with Crippen molar-refractivity contribution in [3.05, 3.63) is 199 Å². The molecule has 0 fully saturated rings. The van der Waals surface area contributed by atoms with Crippen molar-refractivity contribution in [2.75, 3.05) is 0 Å². The van der Waals surface area contributed by atoms with Crippen LogP contribution in [-0.4, -0.2) is 15.0 Å². The number of thiophene rings is 2. The molecule has 4 heterocycles. The van der Waals surface area contributed by atoms with Gasteiger partial charge in [-0.3, -0.25) is 0 Å². The summed E-state index contributed by atoms with van der Waals surface area (Å²) in [7, 11) is 0. The van der Waals surface area contributed by atoms with Gasteiger partial charge in [0.2, 0.25) is 0 Å². The molecule has 0 saturated carbocycles. The summed E-state index contributed by atoms with van der Waals surface area (Å²) in [6, 6.07) is 67.7. The number of furan rings is 1. The van der Waals surface area contributed by atoms with Gasteiger partial charge in [0.1, 0.15) is 11.2 Å². The van der Waals surface area contributed by atoms with Gasteiger partial charge in [-0.05, 0) is 93.0 Å². The largest absolute Gasteiger partial charge is 0.456 e. The molecule has 14 rings (SSSR count). The highest BCUT2D eigenvalue weighted by molar-refractivity contribution is 7.26. The minimum atomic E-state index is -0.155. The van der Waals surface area contributed by atoms with Gasteiger partial charge in [-0.25, -0.2) is 15.0 Å². The first-order valence-electron chi connectivity index (χ1n) is 22.3. The van der Waals surface area contributed by atoms with Gasteiger partial charge in [0.15, 0.2) is 17.5 Å². The fourth-order valence-electron chi connectivity index (χ4n) is 10.5. The SMILES string of the molecule is CC1(C)c2ccccc2-c2ccc(-c3nc(-c4ccccc4)nc(-c4cccc5oc6ccc(-c7cccc8sc9cc(-c%10ccc%11c(c%10)sc%10ccccc%10%11)ccc9c78)cc6c45)n3)cc21. The molecule has 0 bridgehead atoms. The minimum Gasteiger partial charge on any atom is -0.456 e. The van der Waals surface area contributed by atoms with E-state index in [0.717, 1.165) is 44.2 Å². The van der Waals surface area contributed by atoms with E-state index in [2.05, 4.69) is 172 Å². The monoisotopic (exact) mass is 879 g/mol. The fraction of sp³-hybridized carbons (Fsp3) is 0.0500. The van der Waals surface area contributed by atoms with Gasteiger partial charge in [-0.15, -0.1) is 22.7 Å². The summed E-state index contributed by atoms with van der Waals surface area (Å²) in [6.45, 7) is 4.61. The van der Waals surface area contributed by atoms with Crippen LogP contribution in [0.3, 0.4) is 0 Å². The second kappa shape index (κ2) is 14.1. The molecule has 0 atom stereocenters. The van der Waals surface area contributed by atoms with Crippen molar-refractivity contribution in [3.8, 4) is 67.5 Å². The fourth-order valence-corrected chi connectivity index (χ4v) is 12.8. The standard InChI is InChI=1S/C60H37N3OS2/c1-60(2)47-18-8-6-14-40(47)41-26-24-38(31-48(41)60)58-61-57(34-12-4-3-5-13-34)62-59(63-58)45-17-10-19-50-55(45)46-30-37(25-29-49(46)64-50)39-16-11-21-52-56(39)44-28-23-36(33-54(44)66-52)35-22-27-43-42-15-7-9-20-51(42)65-53(43)32-35/h3-33H,1-2H3. The third-order valence-electron chi connectivity index (χ3n) is 13.8. The Morgan fingerprint density at radius 2 is 0.970 bits per heavy atom. The van der Waals surface area contributed by atoms with E-state index in [4.69, 9.17) is 19.4 Å². The molecule has 4 nitrogen and oxygen atoms in total. The van der Waals surface area contributed by atoms with Crippen molar-refractivity contribution in [2.45, 2.75) is 19.3 Å². The van der Waals surface area contributed by atoms with E-state index in [1.54, 1.807) is 0 Å². The molecule has 0 radical (unpaired) electrons. The zero-order chi connectivity index (χ0) is 43.7. The van der Waals surface area contributed by atoms with E-state index in [9.17, 15) is 0 Å². The summed E-state index contributed by atoms with van der Waals surface area (Å²) in [5.74, 6) is 1.87. The van der Waals surface area contributed by atoms with Gasteiger partial charge in [0.25, 0.3) is 0 Å². The van der Waals surface area contributed by atoms with Crippen LogP contribution < -0.4 is 0 Å². The zero-order valence-corrected chi connectivity index (χ0v) is 37.6. The zero-order valence-electron chi connectivity index (χ0n) is 36.0. The molecular weight excluding hydrogens is 843 g/mol. The molecule has 310 valence electrons. The molecule has 66 heavy (non-hydrogen) atoms. The molecule has 0 aliphatic heterocycles. The van der Waals surface area contributed by atoms with Crippen LogP contribution in [-0.2, 0) is 5.41 Å². The van der Waals surface area contributed by atoms with Crippen LogP contribution in [0.4, 0.5) is 0 Å². The lowest BCUT2D eigenvalue weighted by atomic mass is 9.82. The smallest absolute Gasteiger partial charge is 0.164 e. The summed E-state index contributed by atoms with van der Waals surface area (Å²) in [6.07, 6.45) is 0. The maximum Gasteiger partial charge on any atom is 0.164 e. The molecule has 1 aliphatic rings. The first kappa shape index (κ1) is 37.6. The Kier molecular flexibility index (Phi) is 8.04. The lowest BCUT2D eigenvalue weighted by Crippen LogP contribution is -2.15. The van der Waals surface area contributed by atoms with E-state index in [1.807, 2.05) is 53.0 Å². The number of hydrogen-bond donors (Lipinski definition) is 0. The van der Waals surface area contributed by atoms with Crippen molar-refractivity contribution in [1.29, 1.82) is 0 Å². The van der Waals surface area contributed by atoms with Crippen molar-refractivity contribution < 1.29 is 4.42 Å². The quantitative estimate of drug-likeness (QED) is 0.173. The number of rotatable bonds is 5. The Morgan fingerprint density at radius 1 is 0.348 bits per heavy atom. The van der Waals surface area contributed by atoms with Gasteiger partial charge in [-0.1, -0.05) is 153 Å². The molecule has 0 N–H and O–H groups in total. The lowest BCUT2D eigenvalue weighted by Gasteiger charge is -2.21. The second-order valence-electron chi connectivity index (χ2n) is 17.9. The molecule has 1 aliphatic carbocycles. The molecule has 0 spiro atoms. The van der Waals surface area contributed by atoms with E-state index in [0.29, 0.717) is 17.5 Å². The van der Waals surface area contributed by atoms with Crippen LogP contribution in [0, 0.1) is 0 Å². The topological polar surface area (TPSA) is 51.8 Å². The predicted molar refractivity (Wildman–Crippen MR) is 278 cm³/mol. The van der Waals surface area contributed by atoms with Crippen LogP contribution in [0.1, 0.15) is 25.0 Å². The number of aromatic nitrogens is 3. The van der Waals surface area contributed by atoms with E-state index >= 15 is 0 Å². The van der Waals surface area contributed by atoms with E-state index in [1.165, 1.54) is 79.3 Å². The maximum absolute atomic E-state index is 6.61. The molecule has 0 unspecified atom stereocenters. The molecule has 9 aromatic carbocycles. The Balaban J connectivity index is 0.901. The normalized spacial score (nSPS) is 13.1. The third-order valence-corrected chi connectivity index (χ3v) is 16.0. The molecule has 4 aromatic heterocycles. The number of nitrogens with zero attached hydrogens (tertiary/aromatic N) is 3. The highest BCUT2D eigenvalue weighted by Crippen LogP contribution is 2.50. The number of fused-ring (bicyclic) bond motifs is 12. The second-order valence-corrected chi connectivity index (χ2v) is 20.1. The lowest BCUT2D eigenvalue weighted by molar-refractivity contribution is 0.660. The summed E-state index contributed by atoms with van der Waals surface area (Å²) < 4.78 is 11.8. The van der Waals surface area contributed by atoms with Crippen LogP contribution in [0.2, 0.25) is 0 Å². The average molecular weight is 880 g/mol. The molecular formula is C60H37N3OS2. The van der Waals surface area contributed by atoms with Crippen molar-refractivity contribution >= 4 is 85.0 Å². The van der Waals surface area contributed by atoms with Crippen LogP contribution in [0.5, 0.6) is 0 Å². The molecule has 0 amide bonds. The van der Waals surface area contributed by atoms with Crippen molar-refractivity contribution in [2.24, 2.45) is 0 Å². The predicted octanol–water partition coefficient (Wildman–Crippen LogP) is 17.1. The first-order chi connectivity index (χ1) is 32.4. The van der Waals surface area contributed by atoms with Crippen molar-refractivity contribution in [3.63, 3.8) is 0 Å². The van der Waals surface area contributed by atoms with E-state index in [-0.39, 0.29) is 5.41 Å². The number of hydrogen-bond acceptors (Lipinski definition) is 6. The Labute approximate surface area is 388 Å². The molecule has 0 saturated heterocycles. The highest BCUT2D eigenvalue weighted by atomic mass is 32.1. The molecule has 13 aromatic rings. The van der Waals surface area contributed by atoms with Gasteiger partial charge in [0, 0.05) is 73.2 Å². The summed E-state index contributed by atoms with van der Waals surface area (Å²) in [5.41, 5.74) is 14.2. The number of benzene rings is 9. The average Bonchev–Trinajstić information content (AvgIpc) is 4.11. The third kappa shape index (κ3) is 5.65. The van der Waals surface area contributed by atoms with E-state index < -0.39 is 0 Å². The first-order valence-corrected chi connectivity index (χ1v) is 24.0. The Hall–Kier alpha value is -7.77. The van der Waals surface area contributed by atoms with Crippen LogP contribution in [0.15, 0.2) is 192 Å². The van der Waals surface area contributed by atoms with Crippen LogP contribution in [0.25, 0.3) is 130 Å². The van der Waals surface area contributed by atoms with Gasteiger partial charge in [0.05, 0.1) is 0 Å². The maximum atomic E-state index is 6.61. The minimum absolute atomic E-state index is 0.155. The highest BCUT2D eigenvalue weighted by Gasteiger charge is 2.35. The van der Waals surface area contributed by atoms with Gasteiger partial charge >= 0.3 is 0 Å². The Morgan fingerprint density at radius 3 is 1.85 bits per heavy atom. The Bertz CT molecular complexity index is 4160. The summed E-state index contributed by atoms with van der Waals surface area (Å²) in [4.78, 5) is 15.7. The summed E-state index contributed by atoms with van der Waals surface area (Å²) in [5, 5.41) is 7.19. The molecule has 6 heteroatoms.